The molecule has 0 heterocycles. The molecule has 0 N–H and O–H groups in total. The summed E-state index contributed by atoms with van der Waals surface area (Å²) in [6.45, 7) is 2.18. The van der Waals surface area contributed by atoms with Crippen LogP contribution in [0.15, 0.2) is 36.4 Å². The van der Waals surface area contributed by atoms with Crippen LogP contribution in [0.4, 0.5) is 0 Å². The molecule has 0 radical (unpaired) electrons. The molecule has 3 rings (SSSR count). The molecular weight excluding hydrogens is 334 g/mol. The Labute approximate surface area is 163 Å². The van der Waals surface area contributed by atoms with Crippen LogP contribution in [0.5, 0.6) is 0 Å². The van der Waals surface area contributed by atoms with Crippen LogP contribution in [0.2, 0.25) is 0 Å². The zero-order valence-electron chi connectivity index (χ0n) is 16.4. The van der Waals surface area contributed by atoms with Crippen molar-refractivity contribution in [3.63, 3.8) is 0 Å². The van der Waals surface area contributed by atoms with Gasteiger partial charge in [0.25, 0.3) is 0 Å². The number of allylic oxidation sites excluding steroid dienone is 2. The number of carbonyl (C=O) groups excluding carboxylic acids is 1. The molecule has 27 heavy (non-hydrogen) atoms. The Kier molecular flexibility index (Phi) is 7.10. The average Bonchev–Trinajstić information content (AvgIpc) is 2.73. The van der Waals surface area contributed by atoms with Crippen molar-refractivity contribution in [1.29, 1.82) is 5.26 Å². The number of aryl methyl sites for hydroxylation is 1. The van der Waals surface area contributed by atoms with E-state index in [2.05, 4.69) is 37.3 Å². The third-order valence-corrected chi connectivity index (χ3v) is 6.36. The molecule has 0 aromatic heterocycles. The molecule has 2 aliphatic rings. The molecule has 0 bridgehead atoms. The van der Waals surface area contributed by atoms with Crippen LogP contribution in [0.1, 0.15) is 75.3 Å². The predicted octanol–water partition coefficient (Wildman–Crippen LogP) is 5.70. The van der Waals surface area contributed by atoms with E-state index in [1.165, 1.54) is 11.1 Å². The van der Waals surface area contributed by atoms with Gasteiger partial charge in [0.15, 0.2) is 0 Å². The quantitative estimate of drug-likeness (QED) is 0.496. The number of nitriles is 1. The van der Waals surface area contributed by atoms with E-state index >= 15 is 0 Å². The van der Waals surface area contributed by atoms with E-state index < -0.39 is 0 Å². The molecule has 2 saturated carbocycles. The van der Waals surface area contributed by atoms with Crippen LogP contribution in [0, 0.1) is 23.2 Å². The van der Waals surface area contributed by atoms with Gasteiger partial charge >= 0.3 is 5.97 Å². The summed E-state index contributed by atoms with van der Waals surface area (Å²) in [7, 11) is 0. The van der Waals surface area contributed by atoms with E-state index in [0.29, 0.717) is 11.8 Å². The predicted molar refractivity (Wildman–Crippen MR) is 107 cm³/mol. The lowest BCUT2D eigenvalue weighted by atomic mass is 9.78. The maximum atomic E-state index is 12.6. The Morgan fingerprint density at radius 1 is 1.07 bits per heavy atom. The van der Waals surface area contributed by atoms with Crippen LogP contribution in [0.3, 0.4) is 0 Å². The van der Waals surface area contributed by atoms with Gasteiger partial charge in [0.05, 0.1) is 12.0 Å². The summed E-state index contributed by atoms with van der Waals surface area (Å²) in [5, 5.41) is 8.62. The molecule has 0 spiro atoms. The number of ether oxygens (including phenoxy) is 1. The van der Waals surface area contributed by atoms with Crippen molar-refractivity contribution in [2.45, 2.75) is 76.7 Å². The number of benzene rings is 1. The van der Waals surface area contributed by atoms with Gasteiger partial charge in [0.1, 0.15) is 6.10 Å². The van der Waals surface area contributed by atoms with E-state index in [9.17, 15) is 4.79 Å². The van der Waals surface area contributed by atoms with Gasteiger partial charge in [0.2, 0.25) is 0 Å². The Bertz CT molecular complexity index is 669. The second kappa shape index (κ2) is 9.74. The topological polar surface area (TPSA) is 50.1 Å². The van der Waals surface area contributed by atoms with Gasteiger partial charge in [-0.15, -0.1) is 0 Å². The van der Waals surface area contributed by atoms with Gasteiger partial charge in [-0.2, -0.15) is 5.26 Å². The van der Waals surface area contributed by atoms with Crippen LogP contribution >= 0.6 is 0 Å². The lowest BCUT2D eigenvalue weighted by molar-refractivity contribution is -0.157. The van der Waals surface area contributed by atoms with Gasteiger partial charge in [-0.1, -0.05) is 37.3 Å². The molecule has 144 valence electrons. The zero-order chi connectivity index (χ0) is 19.1. The monoisotopic (exact) mass is 365 g/mol. The fourth-order valence-electron chi connectivity index (χ4n) is 4.53. The van der Waals surface area contributed by atoms with Crippen molar-refractivity contribution >= 4 is 5.97 Å². The van der Waals surface area contributed by atoms with E-state index in [-0.39, 0.29) is 18.0 Å². The smallest absolute Gasteiger partial charge is 0.309 e. The molecule has 0 saturated heterocycles. The maximum Gasteiger partial charge on any atom is 0.309 e. The Hall–Kier alpha value is -2.08. The molecule has 2 fully saturated rings. The van der Waals surface area contributed by atoms with Crippen LogP contribution in [-0.2, 0) is 16.0 Å². The van der Waals surface area contributed by atoms with Crippen LogP contribution < -0.4 is 0 Å². The molecule has 3 heteroatoms. The Morgan fingerprint density at radius 2 is 1.74 bits per heavy atom. The third-order valence-electron chi connectivity index (χ3n) is 6.36. The van der Waals surface area contributed by atoms with Crippen molar-refractivity contribution in [1.82, 2.24) is 0 Å². The van der Waals surface area contributed by atoms with Crippen molar-refractivity contribution in [3.8, 4) is 6.07 Å². The fourth-order valence-corrected chi connectivity index (χ4v) is 4.53. The number of hydrogen-bond acceptors (Lipinski definition) is 3. The molecule has 0 amide bonds. The van der Waals surface area contributed by atoms with Gasteiger partial charge in [0, 0.05) is 6.08 Å². The van der Waals surface area contributed by atoms with Crippen molar-refractivity contribution in [3.05, 3.63) is 47.5 Å². The van der Waals surface area contributed by atoms with Crippen molar-refractivity contribution < 1.29 is 9.53 Å². The number of rotatable bonds is 5. The first-order valence-corrected chi connectivity index (χ1v) is 10.5. The molecule has 3 nitrogen and oxygen atoms in total. The minimum absolute atomic E-state index is 0.0193. The van der Waals surface area contributed by atoms with E-state index in [0.717, 1.165) is 57.8 Å². The highest BCUT2D eigenvalue weighted by Crippen LogP contribution is 2.37. The molecule has 0 aliphatic heterocycles. The summed E-state index contributed by atoms with van der Waals surface area (Å²) in [5.41, 5.74) is 2.80. The summed E-state index contributed by atoms with van der Waals surface area (Å²) in [5.74, 6) is 1.15. The first kappa shape index (κ1) is 19.7. The molecule has 2 aliphatic carbocycles. The third kappa shape index (κ3) is 5.45. The minimum Gasteiger partial charge on any atom is -0.462 e. The molecule has 0 unspecified atom stereocenters. The second-order valence-corrected chi connectivity index (χ2v) is 8.11. The normalized spacial score (nSPS) is 28.6. The van der Waals surface area contributed by atoms with Gasteiger partial charge in [-0.05, 0) is 80.8 Å². The van der Waals surface area contributed by atoms with Crippen molar-refractivity contribution in [2.24, 2.45) is 11.8 Å². The highest BCUT2D eigenvalue weighted by Gasteiger charge is 2.30. The fraction of sp³-hybridized carbons (Fsp3) is 0.583. The standard InChI is InChI=1S/C24H31NO2/c1-2-18-5-9-20(10-6-18)21-11-13-22(14-12-21)24(26)27-23-15-7-19(8-16-23)4-3-17-25/h3-6,9-10,19,21-23H,2,7-8,11-16H2,1H3. The summed E-state index contributed by atoms with van der Waals surface area (Å²) in [6.07, 6.45) is 12.6. The van der Waals surface area contributed by atoms with E-state index in [4.69, 9.17) is 10.00 Å². The van der Waals surface area contributed by atoms with Crippen molar-refractivity contribution in [2.75, 3.05) is 0 Å². The first-order chi connectivity index (χ1) is 13.2. The summed E-state index contributed by atoms with van der Waals surface area (Å²) >= 11 is 0. The zero-order valence-corrected chi connectivity index (χ0v) is 16.4. The minimum atomic E-state index is 0.0193. The largest absolute Gasteiger partial charge is 0.462 e. The van der Waals surface area contributed by atoms with E-state index in [1.807, 2.05) is 6.08 Å². The second-order valence-electron chi connectivity index (χ2n) is 8.11. The number of nitrogens with zero attached hydrogens (tertiary/aromatic N) is 1. The Morgan fingerprint density at radius 3 is 2.33 bits per heavy atom. The van der Waals surface area contributed by atoms with Crippen LogP contribution in [-0.4, -0.2) is 12.1 Å². The molecule has 0 atom stereocenters. The van der Waals surface area contributed by atoms with Gasteiger partial charge in [-0.25, -0.2) is 0 Å². The maximum absolute atomic E-state index is 12.6. The average molecular weight is 366 g/mol. The molecule has 1 aromatic carbocycles. The lowest BCUT2D eigenvalue weighted by Gasteiger charge is -2.31. The number of esters is 1. The molecule has 1 aromatic rings. The highest BCUT2D eigenvalue weighted by atomic mass is 16.5. The van der Waals surface area contributed by atoms with Gasteiger partial charge < -0.3 is 4.74 Å². The number of carbonyl (C=O) groups is 1. The molecular formula is C24H31NO2. The summed E-state index contributed by atoms with van der Waals surface area (Å²) in [4.78, 5) is 12.6. The van der Waals surface area contributed by atoms with E-state index in [1.54, 1.807) is 6.08 Å². The van der Waals surface area contributed by atoms with Crippen LogP contribution in [0.25, 0.3) is 0 Å². The number of hydrogen-bond donors (Lipinski definition) is 0. The van der Waals surface area contributed by atoms with Gasteiger partial charge in [-0.3, -0.25) is 4.79 Å². The summed E-state index contributed by atoms with van der Waals surface area (Å²) in [6, 6.07) is 11.1. The summed E-state index contributed by atoms with van der Waals surface area (Å²) < 4.78 is 5.83. The first-order valence-electron chi connectivity index (χ1n) is 10.5. The lowest BCUT2D eigenvalue weighted by Crippen LogP contribution is -2.29. The highest BCUT2D eigenvalue weighted by molar-refractivity contribution is 5.72. The Balaban J connectivity index is 1.42. The SMILES string of the molecule is CCc1ccc(C2CCC(C(=O)OC3CCC(C=CC#N)CC3)CC2)cc1.